The van der Waals surface area contributed by atoms with Crippen molar-refractivity contribution in [2.24, 2.45) is 0 Å². The molecule has 7 aromatic carbocycles. The minimum absolute atomic E-state index is 0.0629. The van der Waals surface area contributed by atoms with Gasteiger partial charge in [-0.25, -0.2) is 4.98 Å². The molecule has 10 aromatic rings. The number of nitrogens with zero attached hydrogens (tertiary/aromatic N) is 4. The number of para-hydroxylation sites is 4. The van der Waals surface area contributed by atoms with Crippen LogP contribution in [-0.2, 0) is 17.2 Å². The van der Waals surface area contributed by atoms with E-state index < -0.39 is 30.5 Å². The summed E-state index contributed by atoms with van der Waals surface area (Å²) in [6.45, 7) is 14.5. The molecule has 0 amide bonds. The molecule has 63 heavy (non-hydrogen) atoms. The zero-order valence-electron chi connectivity index (χ0n) is 47.2. The van der Waals surface area contributed by atoms with Crippen molar-refractivity contribution in [3.05, 3.63) is 199 Å². The van der Waals surface area contributed by atoms with Gasteiger partial charge >= 0.3 is 0 Å². The molecular weight excluding hydrogens is 769 g/mol. The average molecular weight is 832 g/mol. The summed E-state index contributed by atoms with van der Waals surface area (Å²) in [5, 5.41) is 0.822. The molecule has 0 aliphatic carbocycles. The van der Waals surface area contributed by atoms with E-state index in [1.165, 1.54) is 13.1 Å². The van der Waals surface area contributed by atoms with Crippen LogP contribution in [0.5, 0.6) is 11.5 Å². The van der Waals surface area contributed by atoms with Crippen molar-refractivity contribution in [2.75, 3.05) is 0 Å². The number of ether oxygens (including phenoxy) is 1. The molecular formula is C58H52N4O. The van der Waals surface area contributed by atoms with E-state index in [4.69, 9.17) is 17.1 Å². The van der Waals surface area contributed by atoms with Gasteiger partial charge in [-0.05, 0) is 105 Å². The zero-order chi connectivity index (χ0) is 53.1. The minimum atomic E-state index is -1.72. The smallest absolute Gasteiger partial charge is 0.269 e. The second kappa shape index (κ2) is 15.6. The van der Waals surface area contributed by atoms with E-state index in [1.54, 1.807) is 47.0 Å². The molecule has 0 radical (unpaired) electrons. The van der Waals surface area contributed by atoms with Crippen LogP contribution >= 0.6 is 0 Å². The van der Waals surface area contributed by atoms with Gasteiger partial charge < -0.3 is 4.74 Å². The van der Waals surface area contributed by atoms with Crippen LogP contribution in [0.15, 0.2) is 176 Å². The molecule has 0 fully saturated rings. The molecule has 0 aliphatic heterocycles. The first-order chi connectivity index (χ1) is 34.8. The van der Waals surface area contributed by atoms with E-state index in [-0.39, 0.29) is 57.9 Å². The Morgan fingerprint density at radius 2 is 1.33 bits per heavy atom. The molecule has 3 heterocycles. The Bertz CT molecular complexity index is 3890. The zero-order valence-corrected chi connectivity index (χ0v) is 36.2. The van der Waals surface area contributed by atoms with Crippen molar-refractivity contribution in [3.63, 3.8) is 0 Å². The van der Waals surface area contributed by atoms with Crippen LogP contribution in [0.1, 0.15) is 80.2 Å². The van der Waals surface area contributed by atoms with Gasteiger partial charge in [0, 0.05) is 25.8 Å². The van der Waals surface area contributed by atoms with Crippen LogP contribution in [0.3, 0.4) is 0 Å². The summed E-state index contributed by atoms with van der Waals surface area (Å²) in [6.07, 6.45) is 3.38. The molecule has 0 saturated carbocycles. The van der Waals surface area contributed by atoms with E-state index in [1.807, 2.05) is 63.7 Å². The van der Waals surface area contributed by atoms with Crippen LogP contribution in [0, 0.1) is 6.33 Å². The van der Waals surface area contributed by atoms with Crippen molar-refractivity contribution in [3.8, 4) is 50.9 Å². The molecule has 0 spiro atoms. The van der Waals surface area contributed by atoms with Crippen molar-refractivity contribution < 1.29 is 24.4 Å². The molecule has 310 valence electrons. The van der Waals surface area contributed by atoms with Crippen molar-refractivity contribution in [2.45, 2.75) is 65.7 Å². The maximum atomic E-state index is 9.19. The van der Waals surface area contributed by atoms with Crippen LogP contribution < -0.4 is 9.30 Å². The van der Waals surface area contributed by atoms with Gasteiger partial charge in [0.1, 0.15) is 17.3 Å². The molecule has 5 nitrogen and oxygen atoms in total. The summed E-state index contributed by atoms with van der Waals surface area (Å²) in [5.74, 6) is 1.10. The van der Waals surface area contributed by atoms with Crippen LogP contribution in [0.25, 0.3) is 72.3 Å². The van der Waals surface area contributed by atoms with Crippen LogP contribution in [0.4, 0.5) is 0 Å². The SMILES string of the molecule is [2H]c1c([2H])c([2H])c(-c2cccc(-c3cc(C(C)(C)C)cc(C(C)(C)C)c3)c2-[n+]2[c-]n(-c3cccc(Oc4ccc5c6c([2H])c([2H])c([2H])c([2H])c6n(-c6cc(C([2H])([2H])C)ccn6)c5c4)c3)c3ccccc32)c([2H])c1[2H]. The fourth-order valence-corrected chi connectivity index (χ4v) is 8.19. The van der Waals surface area contributed by atoms with E-state index >= 15 is 0 Å². The van der Waals surface area contributed by atoms with Gasteiger partial charge in [0.2, 0.25) is 0 Å². The van der Waals surface area contributed by atoms with Gasteiger partial charge in [-0.1, -0.05) is 164 Å². The van der Waals surface area contributed by atoms with E-state index in [0.717, 1.165) is 33.3 Å². The number of aromatic nitrogens is 4. The third kappa shape index (κ3) is 7.38. The molecule has 0 bridgehead atoms. The number of fused-ring (bicyclic) bond motifs is 4. The monoisotopic (exact) mass is 831 g/mol. The lowest BCUT2D eigenvalue weighted by Crippen LogP contribution is -2.31. The summed E-state index contributed by atoms with van der Waals surface area (Å²) in [5.41, 5.74) is 7.66. The number of benzene rings is 7. The molecule has 0 aliphatic rings. The fraction of sp³-hybridized carbons (Fsp3) is 0.172. The van der Waals surface area contributed by atoms with Gasteiger partial charge in [0.25, 0.3) is 6.33 Å². The summed E-state index contributed by atoms with van der Waals surface area (Å²) < 4.78 is 108. The number of pyridine rings is 1. The molecule has 10 rings (SSSR count). The molecule has 5 heteroatoms. The topological polar surface area (TPSA) is 35.9 Å². The first-order valence-electron chi connectivity index (χ1n) is 26.5. The lowest BCUT2D eigenvalue weighted by atomic mass is 9.78. The minimum Gasteiger partial charge on any atom is -0.458 e. The predicted octanol–water partition coefficient (Wildman–Crippen LogP) is 14.5. The van der Waals surface area contributed by atoms with Crippen molar-refractivity contribution >= 4 is 32.8 Å². The Kier molecular flexibility index (Phi) is 7.21. The second-order valence-electron chi connectivity index (χ2n) is 17.8. The summed E-state index contributed by atoms with van der Waals surface area (Å²) in [7, 11) is 0. The van der Waals surface area contributed by atoms with E-state index in [2.05, 4.69) is 71.1 Å². The number of hydrogen-bond acceptors (Lipinski definition) is 2. The van der Waals surface area contributed by atoms with Crippen molar-refractivity contribution in [1.29, 1.82) is 0 Å². The number of aryl methyl sites for hydroxylation is 1. The Balaban J connectivity index is 1.16. The largest absolute Gasteiger partial charge is 0.458 e. The standard InChI is InChI=1S/C58H52N4O/c1-8-39-30-31-59-55(32-39)62-51-25-13-12-22-49(51)50-29-28-46(37-54(50)62)63-45-21-16-20-44(36-45)60-38-61(53-27-15-14-26-52(53)60)56-47(40-18-10-9-11-19-40)23-17-24-48(56)41-33-42(57(2,3)4)35-43(34-41)58(5,6)7/h9-37H,8H2,1-7H3/i8D2,9D,10D,11D,12D,13D,18D,19D,22D,25D. The maximum Gasteiger partial charge on any atom is 0.269 e. The molecule has 0 saturated heterocycles. The van der Waals surface area contributed by atoms with Gasteiger partial charge in [-0.15, -0.1) is 0 Å². The van der Waals surface area contributed by atoms with Crippen molar-refractivity contribution in [1.82, 2.24) is 14.1 Å². The van der Waals surface area contributed by atoms with Gasteiger partial charge in [0.15, 0.2) is 0 Å². The average Bonchev–Trinajstić information content (AvgIpc) is 3.94. The van der Waals surface area contributed by atoms with E-state index in [0.29, 0.717) is 50.3 Å². The third-order valence-electron chi connectivity index (χ3n) is 11.5. The second-order valence-corrected chi connectivity index (χ2v) is 17.8. The Morgan fingerprint density at radius 1 is 0.635 bits per heavy atom. The Hall–Kier alpha value is -7.24. The summed E-state index contributed by atoms with van der Waals surface area (Å²) >= 11 is 0. The maximum absolute atomic E-state index is 9.19. The lowest BCUT2D eigenvalue weighted by Gasteiger charge is -2.27. The summed E-state index contributed by atoms with van der Waals surface area (Å²) in [6, 6.07) is 32.6. The highest BCUT2D eigenvalue weighted by molar-refractivity contribution is 6.09. The van der Waals surface area contributed by atoms with Gasteiger partial charge in [-0.2, -0.15) is 0 Å². The highest BCUT2D eigenvalue weighted by Crippen LogP contribution is 2.40. The highest BCUT2D eigenvalue weighted by atomic mass is 16.5. The molecule has 0 unspecified atom stereocenters. The quantitative estimate of drug-likeness (QED) is 0.113. The van der Waals surface area contributed by atoms with Crippen LogP contribution in [-0.4, -0.2) is 14.1 Å². The normalized spacial score (nSPS) is 14.8. The van der Waals surface area contributed by atoms with Gasteiger partial charge in [-0.3, -0.25) is 13.7 Å². The Morgan fingerprint density at radius 3 is 2.10 bits per heavy atom. The lowest BCUT2D eigenvalue weighted by molar-refractivity contribution is -0.571. The highest BCUT2D eigenvalue weighted by Gasteiger charge is 2.25. The molecule has 0 atom stereocenters. The van der Waals surface area contributed by atoms with E-state index in [9.17, 15) is 2.74 Å². The van der Waals surface area contributed by atoms with Crippen LogP contribution in [0.2, 0.25) is 0 Å². The number of imidazole rings is 1. The third-order valence-corrected chi connectivity index (χ3v) is 11.5. The van der Waals surface area contributed by atoms with Gasteiger partial charge in [0.05, 0.1) is 45.8 Å². The Labute approximate surface area is 386 Å². The first kappa shape index (κ1) is 29.1. The first-order valence-corrected chi connectivity index (χ1v) is 21.0. The fourth-order valence-electron chi connectivity index (χ4n) is 8.19. The number of rotatable bonds is 8. The predicted molar refractivity (Wildman–Crippen MR) is 260 cm³/mol. The number of hydrogen-bond donors (Lipinski definition) is 0. The summed E-state index contributed by atoms with van der Waals surface area (Å²) in [4.78, 5) is 4.57. The molecule has 0 N–H and O–H groups in total. The molecule has 3 aromatic heterocycles.